The predicted molar refractivity (Wildman–Crippen MR) is 68.7 cm³/mol. The maximum Gasteiger partial charge on any atom is 0.224 e. The van der Waals surface area contributed by atoms with Gasteiger partial charge in [0.25, 0.3) is 0 Å². The van der Waals surface area contributed by atoms with E-state index in [-0.39, 0.29) is 12.5 Å². The summed E-state index contributed by atoms with van der Waals surface area (Å²) < 4.78 is 0.799. The van der Waals surface area contributed by atoms with E-state index in [0.29, 0.717) is 30.0 Å². The molecule has 0 atom stereocenters. The standard InChI is InChI=1S/C11H13BrClNO2/c12-9-5-4-8(13)7-10(9)14-11(16)3-1-2-6-15/h4-5,7,15H,1-3,6H2,(H,14,16). The van der Waals surface area contributed by atoms with E-state index in [0.717, 1.165) is 4.47 Å². The Morgan fingerprint density at radius 1 is 1.44 bits per heavy atom. The van der Waals surface area contributed by atoms with Gasteiger partial charge in [-0.25, -0.2) is 0 Å². The lowest BCUT2D eigenvalue weighted by atomic mass is 10.2. The van der Waals surface area contributed by atoms with Crippen molar-refractivity contribution in [3.63, 3.8) is 0 Å². The molecule has 1 rings (SSSR count). The second-order valence-corrected chi connectivity index (χ2v) is 4.64. The van der Waals surface area contributed by atoms with Crippen molar-refractivity contribution < 1.29 is 9.90 Å². The Kier molecular flexibility index (Phi) is 5.80. The van der Waals surface area contributed by atoms with Gasteiger partial charge in [-0.2, -0.15) is 0 Å². The molecule has 0 aliphatic rings. The van der Waals surface area contributed by atoms with E-state index in [2.05, 4.69) is 21.2 Å². The third-order valence-corrected chi connectivity index (χ3v) is 2.94. The molecule has 0 bridgehead atoms. The molecule has 0 saturated heterocycles. The molecule has 1 amide bonds. The Hall–Kier alpha value is -0.580. The van der Waals surface area contributed by atoms with Crippen LogP contribution >= 0.6 is 27.5 Å². The van der Waals surface area contributed by atoms with Gasteiger partial charge in [-0.15, -0.1) is 0 Å². The number of amides is 1. The monoisotopic (exact) mass is 305 g/mol. The first-order valence-corrected chi connectivity index (χ1v) is 6.16. The summed E-state index contributed by atoms with van der Waals surface area (Å²) >= 11 is 9.15. The van der Waals surface area contributed by atoms with Crippen molar-refractivity contribution in [1.82, 2.24) is 0 Å². The number of unbranched alkanes of at least 4 members (excludes halogenated alkanes) is 1. The predicted octanol–water partition coefficient (Wildman–Crippen LogP) is 3.20. The van der Waals surface area contributed by atoms with Gasteiger partial charge in [-0.3, -0.25) is 4.79 Å². The van der Waals surface area contributed by atoms with Gasteiger partial charge in [0.15, 0.2) is 0 Å². The topological polar surface area (TPSA) is 49.3 Å². The van der Waals surface area contributed by atoms with Crippen LogP contribution in [0.25, 0.3) is 0 Å². The van der Waals surface area contributed by atoms with Gasteiger partial charge in [-0.05, 0) is 47.0 Å². The number of anilines is 1. The summed E-state index contributed by atoms with van der Waals surface area (Å²) in [5.41, 5.74) is 0.668. The number of rotatable bonds is 5. The van der Waals surface area contributed by atoms with Crippen molar-refractivity contribution in [2.24, 2.45) is 0 Å². The SMILES string of the molecule is O=C(CCCCO)Nc1cc(Cl)ccc1Br. The van der Waals surface area contributed by atoms with Crippen LogP contribution in [0, 0.1) is 0 Å². The lowest BCUT2D eigenvalue weighted by molar-refractivity contribution is -0.116. The molecule has 5 heteroatoms. The molecule has 0 spiro atoms. The molecule has 0 radical (unpaired) electrons. The van der Waals surface area contributed by atoms with Gasteiger partial charge >= 0.3 is 0 Å². The molecular formula is C11H13BrClNO2. The minimum Gasteiger partial charge on any atom is -0.396 e. The first kappa shape index (κ1) is 13.5. The maximum atomic E-state index is 11.5. The van der Waals surface area contributed by atoms with E-state index >= 15 is 0 Å². The molecular weight excluding hydrogens is 293 g/mol. The molecule has 0 unspecified atom stereocenters. The molecule has 16 heavy (non-hydrogen) atoms. The van der Waals surface area contributed by atoms with Crippen LogP contribution in [0.2, 0.25) is 5.02 Å². The zero-order chi connectivity index (χ0) is 12.0. The summed E-state index contributed by atoms with van der Waals surface area (Å²) in [6.07, 6.45) is 1.73. The highest BCUT2D eigenvalue weighted by molar-refractivity contribution is 9.10. The van der Waals surface area contributed by atoms with Crippen molar-refractivity contribution >= 4 is 39.1 Å². The largest absolute Gasteiger partial charge is 0.396 e. The number of halogens is 2. The van der Waals surface area contributed by atoms with Crippen LogP contribution in [0.1, 0.15) is 19.3 Å². The Bertz CT molecular complexity index is 371. The molecule has 0 aliphatic heterocycles. The number of aliphatic hydroxyl groups is 1. The number of carbonyl (C=O) groups is 1. The average molecular weight is 307 g/mol. The Morgan fingerprint density at radius 3 is 2.88 bits per heavy atom. The number of benzene rings is 1. The number of nitrogens with one attached hydrogen (secondary N) is 1. The molecule has 1 aromatic carbocycles. The van der Waals surface area contributed by atoms with Gasteiger partial charge in [0.2, 0.25) is 5.91 Å². The Morgan fingerprint density at radius 2 is 2.19 bits per heavy atom. The van der Waals surface area contributed by atoms with Crippen LogP contribution in [-0.4, -0.2) is 17.6 Å². The average Bonchev–Trinajstić information content (AvgIpc) is 2.24. The van der Waals surface area contributed by atoms with Gasteiger partial charge < -0.3 is 10.4 Å². The minimum absolute atomic E-state index is 0.0728. The molecule has 0 saturated carbocycles. The van der Waals surface area contributed by atoms with E-state index in [1.54, 1.807) is 18.2 Å². The van der Waals surface area contributed by atoms with Crippen molar-refractivity contribution in [3.8, 4) is 0 Å². The molecule has 3 nitrogen and oxygen atoms in total. The quantitative estimate of drug-likeness (QED) is 0.821. The zero-order valence-corrected chi connectivity index (χ0v) is 11.0. The van der Waals surface area contributed by atoms with Crippen LogP contribution in [-0.2, 0) is 4.79 Å². The fraction of sp³-hybridized carbons (Fsp3) is 0.364. The van der Waals surface area contributed by atoms with Gasteiger partial charge in [0.1, 0.15) is 0 Å². The molecule has 1 aromatic rings. The van der Waals surface area contributed by atoms with Crippen molar-refractivity contribution in [1.29, 1.82) is 0 Å². The first-order valence-electron chi connectivity index (χ1n) is 4.99. The van der Waals surface area contributed by atoms with E-state index in [1.165, 1.54) is 0 Å². The van der Waals surface area contributed by atoms with Crippen molar-refractivity contribution in [2.75, 3.05) is 11.9 Å². The molecule has 0 heterocycles. The molecule has 0 aliphatic carbocycles. The highest BCUT2D eigenvalue weighted by Gasteiger charge is 2.05. The summed E-state index contributed by atoms with van der Waals surface area (Å²) in [4.78, 5) is 11.5. The Balaban J connectivity index is 2.52. The summed E-state index contributed by atoms with van der Waals surface area (Å²) in [6.45, 7) is 0.119. The Labute approximate surface area is 108 Å². The van der Waals surface area contributed by atoms with Crippen LogP contribution in [0.15, 0.2) is 22.7 Å². The van der Waals surface area contributed by atoms with Crippen LogP contribution in [0.4, 0.5) is 5.69 Å². The highest BCUT2D eigenvalue weighted by atomic mass is 79.9. The molecule has 2 N–H and O–H groups in total. The smallest absolute Gasteiger partial charge is 0.224 e. The lowest BCUT2D eigenvalue weighted by Crippen LogP contribution is -2.11. The fourth-order valence-electron chi connectivity index (χ4n) is 1.20. The fourth-order valence-corrected chi connectivity index (χ4v) is 1.72. The summed E-state index contributed by atoms with van der Waals surface area (Å²) in [5, 5.41) is 11.9. The number of hydrogen-bond donors (Lipinski definition) is 2. The van der Waals surface area contributed by atoms with Crippen LogP contribution in [0.3, 0.4) is 0 Å². The lowest BCUT2D eigenvalue weighted by Gasteiger charge is -2.07. The number of aliphatic hydroxyl groups excluding tert-OH is 1. The first-order chi connectivity index (χ1) is 7.63. The maximum absolute atomic E-state index is 11.5. The second-order valence-electron chi connectivity index (χ2n) is 3.35. The van der Waals surface area contributed by atoms with Gasteiger partial charge in [0.05, 0.1) is 5.69 Å². The summed E-state index contributed by atoms with van der Waals surface area (Å²) in [6, 6.07) is 5.22. The molecule has 0 fully saturated rings. The third kappa shape index (κ3) is 4.51. The van der Waals surface area contributed by atoms with Crippen molar-refractivity contribution in [2.45, 2.75) is 19.3 Å². The summed E-state index contributed by atoms with van der Waals surface area (Å²) in [7, 11) is 0. The second kappa shape index (κ2) is 6.89. The third-order valence-electron chi connectivity index (χ3n) is 2.01. The highest BCUT2D eigenvalue weighted by Crippen LogP contribution is 2.26. The van der Waals surface area contributed by atoms with E-state index in [1.807, 2.05) is 0 Å². The number of carbonyl (C=O) groups excluding carboxylic acids is 1. The number of hydrogen-bond acceptors (Lipinski definition) is 2. The molecule has 0 aromatic heterocycles. The molecule has 88 valence electrons. The van der Waals surface area contributed by atoms with E-state index < -0.39 is 0 Å². The normalized spacial score (nSPS) is 10.2. The van der Waals surface area contributed by atoms with Crippen molar-refractivity contribution in [3.05, 3.63) is 27.7 Å². The van der Waals surface area contributed by atoms with Crippen LogP contribution in [0.5, 0.6) is 0 Å². The van der Waals surface area contributed by atoms with Gasteiger partial charge in [0, 0.05) is 22.5 Å². The summed E-state index contributed by atoms with van der Waals surface area (Å²) in [5.74, 6) is -0.0728. The van der Waals surface area contributed by atoms with Crippen LogP contribution < -0.4 is 5.32 Å². The van der Waals surface area contributed by atoms with E-state index in [4.69, 9.17) is 16.7 Å². The van der Waals surface area contributed by atoms with E-state index in [9.17, 15) is 4.79 Å². The zero-order valence-electron chi connectivity index (χ0n) is 8.67. The van der Waals surface area contributed by atoms with Gasteiger partial charge in [-0.1, -0.05) is 11.6 Å². The minimum atomic E-state index is -0.0728.